The third-order valence-electron chi connectivity index (χ3n) is 3.66. The van der Waals surface area contributed by atoms with Gasteiger partial charge in [0.15, 0.2) is 5.76 Å². The lowest BCUT2D eigenvalue weighted by Gasteiger charge is -2.14. The van der Waals surface area contributed by atoms with Crippen molar-refractivity contribution in [3.8, 4) is 0 Å². The molecule has 7 nitrogen and oxygen atoms in total. The summed E-state index contributed by atoms with van der Waals surface area (Å²) in [5.41, 5.74) is 5.61. The van der Waals surface area contributed by atoms with Gasteiger partial charge in [-0.05, 0) is 33.1 Å². The molecule has 1 aromatic heterocycles. The fourth-order valence-corrected chi connectivity index (χ4v) is 4.08. The van der Waals surface area contributed by atoms with E-state index < -0.39 is 15.9 Å². The number of nitrogens with zero attached hydrogens (tertiary/aromatic N) is 1. The molecule has 0 spiro atoms. The second-order valence-corrected chi connectivity index (χ2v) is 7.57. The number of hydrogen-bond donors (Lipinski definition) is 2. The Morgan fingerprint density at radius 3 is 2.61 bits per heavy atom. The van der Waals surface area contributed by atoms with Crippen molar-refractivity contribution < 1.29 is 17.6 Å². The van der Waals surface area contributed by atoms with Crippen molar-refractivity contribution in [3.05, 3.63) is 17.6 Å². The summed E-state index contributed by atoms with van der Waals surface area (Å²) in [6.07, 6.45) is 2.37. The number of rotatable bonds is 6. The minimum Gasteiger partial charge on any atom is -0.455 e. The van der Waals surface area contributed by atoms with E-state index in [1.54, 1.807) is 6.92 Å². The molecule has 23 heavy (non-hydrogen) atoms. The highest BCUT2D eigenvalue weighted by atomic mass is 35.5. The van der Waals surface area contributed by atoms with Crippen molar-refractivity contribution in [1.29, 1.82) is 0 Å². The summed E-state index contributed by atoms with van der Waals surface area (Å²) in [7, 11) is -3.58. The maximum absolute atomic E-state index is 12.5. The average Bonchev–Trinajstić information content (AvgIpc) is 3.07. The molecule has 1 aromatic rings. The Morgan fingerprint density at radius 1 is 1.43 bits per heavy atom. The fraction of sp³-hybridized carbons (Fsp3) is 0.643. The van der Waals surface area contributed by atoms with Crippen molar-refractivity contribution >= 4 is 28.3 Å². The minimum atomic E-state index is -3.58. The topological polar surface area (TPSA) is 106 Å². The predicted molar refractivity (Wildman–Crippen MR) is 89.3 cm³/mol. The van der Waals surface area contributed by atoms with Crippen LogP contribution in [0.15, 0.2) is 15.4 Å². The number of carbonyl (C=O) groups is 1. The smallest absolute Gasteiger partial charge is 0.287 e. The predicted octanol–water partition coefficient (Wildman–Crippen LogP) is 1.26. The van der Waals surface area contributed by atoms with Crippen LogP contribution < -0.4 is 11.1 Å². The molecule has 1 saturated heterocycles. The summed E-state index contributed by atoms with van der Waals surface area (Å²) in [4.78, 5) is 12.1. The van der Waals surface area contributed by atoms with Crippen LogP contribution >= 0.6 is 12.4 Å². The van der Waals surface area contributed by atoms with E-state index >= 15 is 0 Å². The van der Waals surface area contributed by atoms with E-state index in [4.69, 9.17) is 10.2 Å². The molecule has 0 aliphatic carbocycles. The summed E-state index contributed by atoms with van der Waals surface area (Å²) in [6.45, 7) is 4.86. The first-order chi connectivity index (χ1) is 10.3. The molecule has 0 aromatic carbocycles. The number of hydrogen-bond acceptors (Lipinski definition) is 5. The van der Waals surface area contributed by atoms with Gasteiger partial charge in [-0.2, -0.15) is 4.31 Å². The molecule has 3 N–H and O–H groups in total. The van der Waals surface area contributed by atoms with Gasteiger partial charge >= 0.3 is 0 Å². The van der Waals surface area contributed by atoms with Crippen molar-refractivity contribution in [2.24, 2.45) is 5.73 Å². The molecular formula is C14H24ClN3O4S. The van der Waals surface area contributed by atoms with Crippen LogP contribution in [0, 0.1) is 6.92 Å². The van der Waals surface area contributed by atoms with Gasteiger partial charge < -0.3 is 15.5 Å². The molecule has 1 aliphatic rings. The lowest BCUT2D eigenvalue weighted by atomic mass is 10.2. The third kappa shape index (κ3) is 4.69. The molecule has 2 rings (SSSR count). The number of nitrogens with two attached hydrogens (primary N) is 1. The lowest BCUT2D eigenvalue weighted by Crippen LogP contribution is -2.29. The Hall–Kier alpha value is -1.09. The Labute approximate surface area is 143 Å². The van der Waals surface area contributed by atoms with Crippen molar-refractivity contribution in [1.82, 2.24) is 9.62 Å². The molecule has 9 heteroatoms. The van der Waals surface area contributed by atoms with E-state index in [2.05, 4.69) is 5.32 Å². The second kappa shape index (κ2) is 8.14. The zero-order valence-corrected chi connectivity index (χ0v) is 15.0. The van der Waals surface area contributed by atoms with Crippen LogP contribution in [-0.2, 0) is 10.0 Å². The van der Waals surface area contributed by atoms with E-state index in [1.807, 2.05) is 6.92 Å². The molecule has 1 unspecified atom stereocenters. The average molecular weight is 366 g/mol. The molecule has 0 radical (unpaired) electrons. The molecule has 1 atom stereocenters. The Morgan fingerprint density at radius 2 is 2.04 bits per heavy atom. The van der Waals surface area contributed by atoms with Gasteiger partial charge in [-0.1, -0.05) is 0 Å². The van der Waals surface area contributed by atoms with E-state index in [1.165, 1.54) is 10.4 Å². The number of sulfonamides is 1. The Bertz CT molecular complexity index is 636. The largest absolute Gasteiger partial charge is 0.455 e. The highest BCUT2D eigenvalue weighted by Crippen LogP contribution is 2.26. The van der Waals surface area contributed by atoms with Crippen LogP contribution in [0.5, 0.6) is 0 Å². The monoisotopic (exact) mass is 365 g/mol. The van der Waals surface area contributed by atoms with Crippen molar-refractivity contribution in [3.63, 3.8) is 0 Å². The number of halogens is 1. The van der Waals surface area contributed by atoms with Gasteiger partial charge in [0, 0.05) is 31.7 Å². The Balaban J connectivity index is 0.00000264. The van der Waals surface area contributed by atoms with E-state index in [-0.39, 0.29) is 34.9 Å². The molecule has 132 valence electrons. The van der Waals surface area contributed by atoms with Crippen molar-refractivity contribution in [2.75, 3.05) is 19.6 Å². The quantitative estimate of drug-likeness (QED) is 0.789. The van der Waals surface area contributed by atoms with Gasteiger partial charge in [-0.15, -0.1) is 12.4 Å². The van der Waals surface area contributed by atoms with Gasteiger partial charge in [0.05, 0.1) is 0 Å². The molecule has 1 fully saturated rings. The molecule has 2 heterocycles. The standard InChI is InChI=1S/C14H23N3O4S.ClH/c1-10(15)5-6-16-14(18)12-9-13(11(2)21-12)22(19,20)17-7-3-4-8-17;/h9-10H,3-8,15H2,1-2H3,(H,16,18);1H. The van der Waals surface area contributed by atoms with Crippen LogP contribution in [-0.4, -0.2) is 44.3 Å². The van der Waals surface area contributed by atoms with Crippen LogP contribution in [0.3, 0.4) is 0 Å². The molecule has 1 aliphatic heterocycles. The SMILES string of the molecule is Cc1oc(C(=O)NCCC(C)N)cc1S(=O)(=O)N1CCCC1.Cl. The Kier molecular flexibility index (Phi) is 7.06. The number of amides is 1. The van der Waals surface area contributed by atoms with Gasteiger partial charge in [-0.3, -0.25) is 4.79 Å². The maximum atomic E-state index is 12.5. The van der Waals surface area contributed by atoms with E-state index in [0.717, 1.165) is 12.8 Å². The zero-order valence-electron chi connectivity index (χ0n) is 13.4. The fourth-order valence-electron chi connectivity index (χ4n) is 2.40. The summed E-state index contributed by atoms with van der Waals surface area (Å²) < 4.78 is 31.8. The van der Waals surface area contributed by atoms with Gasteiger partial charge in [0.25, 0.3) is 5.91 Å². The highest BCUT2D eigenvalue weighted by molar-refractivity contribution is 7.89. The molecule has 1 amide bonds. The summed E-state index contributed by atoms with van der Waals surface area (Å²) in [6, 6.07) is 1.30. The maximum Gasteiger partial charge on any atom is 0.287 e. The van der Waals surface area contributed by atoms with Crippen LogP contribution in [0.4, 0.5) is 0 Å². The number of aryl methyl sites for hydroxylation is 1. The summed E-state index contributed by atoms with van der Waals surface area (Å²) in [5, 5.41) is 2.67. The normalized spacial score (nSPS) is 16.8. The zero-order chi connectivity index (χ0) is 16.3. The molecule has 0 saturated carbocycles. The molecular weight excluding hydrogens is 342 g/mol. The first-order valence-corrected chi connectivity index (χ1v) is 8.90. The first kappa shape index (κ1) is 20.0. The number of furan rings is 1. The lowest BCUT2D eigenvalue weighted by molar-refractivity contribution is 0.0923. The van der Waals surface area contributed by atoms with Crippen molar-refractivity contribution in [2.45, 2.75) is 44.0 Å². The summed E-state index contributed by atoms with van der Waals surface area (Å²) >= 11 is 0. The van der Waals surface area contributed by atoms with Gasteiger partial charge in [0.1, 0.15) is 10.7 Å². The number of carbonyl (C=O) groups excluding carboxylic acids is 1. The molecule has 0 bridgehead atoms. The van der Waals surface area contributed by atoms with Crippen LogP contribution in [0.2, 0.25) is 0 Å². The minimum absolute atomic E-state index is 0. The second-order valence-electron chi connectivity index (χ2n) is 5.66. The third-order valence-corrected chi connectivity index (χ3v) is 5.67. The van der Waals surface area contributed by atoms with Crippen LogP contribution in [0.1, 0.15) is 42.5 Å². The number of nitrogens with one attached hydrogen (secondary N) is 1. The highest BCUT2D eigenvalue weighted by Gasteiger charge is 2.31. The summed E-state index contributed by atoms with van der Waals surface area (Å²) in [5.74, 6) is -0.171. The van der Waals surface area contributed by atoms with Gasteiger partial charge in [-0.25, -0.2) is 8.42 Å². The van der Waals surface area contributed by atoms with E-state index in [9.17, 15) is 13.2 Å². The first-order valence-electron chi connectivity index (χ1n) is 7.46. The van der Waals surface area contributed by atoms with Crippen LogP contribution in [0.25, 0.3) is 0 Å². The van der Waals surface area contributed by atoms with Gasteiger partial charge in [0.2, 0.25) is 10.0 Å². The van der Waals surface area contributed by atoms with E-state index in [0.29, 0.717) is 26.1 Å².